The fourth-order valence-corrected chi connectivity index (χ4v) is 2.67. The molecule has 1 aromatic heterocycles. The van der Waals surface area contributed by atoms with Gasteiger partial charge in [-0.1, -0.05) is 35.4 Å². The van der Waals surface area contributed by atoms with Crippen LogP contribution in [0.2, 0.25) is 5.02 Å². The van der Waals surface area contributed by atoms with E-state index < -0.39 is 16.5 Å². The Morgan fingerprint density at radius 2 is 1.76 bits per heavy atom. The Balaban J connectivity index is 1.85. The molecule has 148 valence electrons. The van der Waals surface area contributed by atoms with E-state index in [9.17, 15) is 14.9 Å². The first-order chi connectivity index (χ1) is 13.9. The van der Waals surface area contributed by atoms with Crippen LogP contribution in [0.1, 0.15) is 21.5 Å². The summed E-state index contributed by atoms with van der Waals surface area (Å²) < 4.78 is 0. The number of nitro groups is 1. The third kappa shape index (κ3) is 4.58. The summed E-state index contributed by atoms with van der Waals surface area (Å²) in [6.07, 6.45) is 1.15. The second-order valence-electron chi connectivity index (χ2n) is 6.16. The summed E-state index contributed by atoms with van der Waals surface area (Å²) >= 11 is 6.10. The van der Waals surface area contributed by atoms with Gasteiger partial charge >= 0.3 is 5.69 Å². The molecule has 0 aliphatic heterocycles. The number of hydrazine groups is 1. The number of benzene rings is 2. The Morgan fingerprint density at radius 1 is 1.07 bits per heavy atom. The number of carbonyl (C=O) groups is 1. The van der Waals surface area contributed by atoms with Crippen molar-refractivity contribution in [2.24, 2.45) is 0 Å². The summed E-state index contributed by atoms with van der Waals surface area (Å²) in [6, 6.07) is 12.0. The van der Waals surface area contributed by atoms with E-state index in [1.807, 2.05) is 6.92 Å². The third-order valence-electron chi connectivity index (χ3n) is 4.13. The highest BCUT2D eigenvalue weighted by molar-refractivity contribution is 6.31. The van der Waals surface area contributed by atoms with Gasteiger partial charge in [-0.2, -0.15) is 0 Å². The molecule has 0 atom stereocenters. The summed E-state index contributed by atoms with van der Waals surface area (Å²) in [5.74, 6) is -0.659. The molecule has 1 amide bonds. The van der Waals surface area contributed by atoms with E-state index >= 15 is 0 Å². The van der Waals surface area contributed by atoms with Crippen LogP contribution in [0.4, 0.5) is 23.0 Å². The summed E-state index contributed by atoms with van der Waals surface area (Å²) in [5.41, 5.74) is 7.17. The first-order valence-corrected chi connectivity index (χ1v) is 8.89. The van der Waals surface area contributed by atoms with Gasteiger partial charge in [-0.05, 0) is 43.7 Å². The van der Waals surface area contributed by atoms with Crippen molar-refractivity contribution in [3.05, 3.63) is 80.6 Å². The lowest BCUT2D eigenvalue weighted by molar-refractivity contribution is -0.383. The Hall–Kier alpha value is -3.72. The number of rotatable bonds is 6. The number of aryl methyl sites for hydroxylation is 1. The van der Waals surface area contributed by atoms with E-state index in [2.05, 4.69) is 26.1 Å². The average Bonchev–Trinajstić information content (AvgIpc) is 2.70. The number of nitrogens with zero attached hydrogens (tertiary/aromatic N) is 3. The topological polar surface area (TPSA) is 122 Å². The molecule has 3 rings (SSSR count). The van der Waals surface area contributed by atoms with Gasteiger partial charge < -0.3 is 5.32 Å². The van der Waals surface area contributed by atoms with Crippen LogP contribution in [0.25, 0.3) is 0 Å². The van der Waals surface area contributed by atoms with E-state index in [-0.39, 0.29) is 11.6 Å². The third-order valence-corrected chi connectivity index (χ3v) is 4.54. The maximum absolute atomic E-state index is 12.3. The van der Waals surface area contributed by atoms with E-state index in [0.29, 0.717) is 21.8 Å². The number of aromatic nitrogens is 2. The predicted molar refractivity (Wildman–Crippen MR) is 110 cm³/mol. The van der Waals surface area contributed by atoms with Crippen LogP contribution in [0.3, 0.4) is 0 Å². The molecule has 0 saturated carbocycles. The number of amides is 1. The van der Waals surface area contributed by atoms with Crippen LogP contribution >= 0.6 is 11.6 Å². The van der Waals surface area contributed by atoms with Crippen molar-refractivity contribution in [1.82, 2.24) is 15.4 Å². The minimum Gasteiger partial charge on any atom is -0.334 e. The zero-order chi connectivity index (χ0) is 21.0. The fourth-order valence-electron chi connectivity index (χ4n) is 2.50. The summed E-state index contributed by atoms with van der Waals surface area (Å²) in [6.45, 7) is 3.68. The second kappa shape index (κ2) is 8.53. The van der Waals surface area contributed by atoms with Gasteiger partial charge in [-0.3, -0.25) is 25.8 Å². The van der Waals surface area contributed by atoms with Gasteiger partial charge in [-0.25, -0.2) is 9.97 Å². The molecule has 0 aliphatic carbocycles. The van der Waals surface area contributed by atoms with Crippen molar-refractivity contribution < 1.29 is 9.72 Å². The van der Waals surface area contributed by atoms with Gasteiger partial charge in [0.15, 0.2) is 0 Å². The van der Waals surface area contributed by atoms with Crippen LogP contribution in [0.5, 0.6) is 0 Å². The lowest BCUT2D eigenvalue weighted by Gasteiger charge is -2.12. The first kappa shape index (κ1) is 20.0. The van der Waals surface area contributed by atoms with Crippen molar-refractivity contribution in [3.63, 3.8) is 0 Å². The molecule has 0 fully saturated rings. The van der Waals surface area contributed by atoms with E-state index in [4.69, 9.17) is 11.6 Å². The quantitative estimate of drug-likeness (QED) is 0.410. The summed E-state index contributed by atoms with van der Waals surface area (Å²) in [4.78, 5) is 31.1. The van der Waals surface area contributed by atoms with Gasteiger partial charge in [0.1, 0.15) is 6.33 Å². The molecule has 0 unspecified atom stereocenters. The predicted octanol–water partition coefficient (Wildman–Crippen LogP) is 4.16. The van der Waals surface area contributed by atoms with Crippen LogP contribution in [-0.4, -0.2) is 20.8 Å². The molecule has 0 bridgehead atoms. The highest BCUT2D eigenvalue weighted by atomic mass is 35.5. The standard InChI is InChI=1S/C19H17ClN6O3/c1-11-6-8-13(9-7-11)19(27)25-24-18-16(26(28)29)17(21-10-22-18)23-15-5-3-4-14(20)12(15)2/h3-10H,1-2H3,(H,25,27)(H2,21,22,23,24). The minimum absolute atomic E-state index is 0.0394. The van der Waals surface area contributed by atoms with Gasteiger partial charge in [0.25, 0.3) is 5.91 Å². The van der Waals surface area contributed by atoms with Gasteiger partial charge in [-0.15, -0.1) is 0 Å². The molecule has 0 spiro atoms. The Kier molecular flexibility index (Phi) is 5.89. The summed E-state index contributed by atoms with van der Waals surface area (Å²) in [7, 11) is 0. The number of carbonyl (C=O) groups excluding carboxylic acids is 1. The number of hydrogen-bond acceptors (Lipinski definition) is 7. The smallest absolute Gasteiger partial charge is 0.334 e. The van der Waals surface area contributed by atoms with Gasteiger partial charge in [0.05, 0.1) is 4.92 Å². The first-order valence-electron chi connectivity index (χ1n) is 8.51. The number of halogens is 1. The fraction of sp³-hybridized carbons (Fsp3) is 0.105. The van der Waals surface area contributed by atoms with E-state index in [0.717, 1.165) is 11.9 Å². The molecule has 3 N–H and O–H groups in total. The molecular formula is C19H17ClN6O3. The Bertz CT molecular complexity index is 1070. The second-order valence-corrected chi connectivity index (χ2v) is 6.57. The molecule has 0 radical (unpaired) electrons. The zero-order valence-electron chi connectivity index (χ0n) is 15.6. The Labute approximate surface area is 171 Å². The van der Waals surface area contributed by atoms with E-state index in [1.165, 1.54) is 0 Å². The van der Waals surface area contributed by atoms with E-state index in [1.54, 1.807) is 49.4 Å². The van der Waals surface area contributed by atoms with Crippen LogP contribution in [0.15, 0.2) is 48.8 Å². The molecule has 9 nitrogen and oxygen atoms in total. The molecule has 1 heterocycles. The monoisotopic (exact) mass is 412 g/mol. The highest BCUT2D eigenvalue weighted by Crippen LogP contribution is 2.33. The van der Waals surface area contributed by atoms with Crippen LogP contribution < -0.4 is 16.2 Å². The average molecular weight is 413 g/mol. The van der Waals surface area contributed by atoms with Gasteiger partial charge in [0, 0.05) is 16.3 Å². The van der Waals surface area contributed by atoms with Crippen LogP contribution in [0, 0.1) is 24.0 Å². The molecule has 10 heteroatoms. The van der Waals surface area contributed by atoms with Crippen molar-refractivity contribution in [3.8, 4) is 0 Å². The zero-order valence-corrected chi connectivity index (χ0v) is 16.3. The SMILES string of the molecule is Cc1ccc(C(=O)NNc2ncnc(Nc3cccc(Cl)c3C)c2[N+](=O)[O-])cc1. The van der Waals surface area contributed by atoms with Crippen LogP contribution in [-0.2, 0) is 0 Å². The lowest BCUT2D eigenvalue weighted by atomic mass is 10.1. The van der Waals surface area contributed by atoms with Crippen molar-refractivity contribution >= 4 is 40.5 Å². The van der Waals surface area contributed by atoms with Crippen molar-refractivity contribution in [2.45, 2.75) is 13.8 Å². The maximum Gasteiger partial charge on any atom is 0.355 e. The molecular weight excluding hydrogens is 396 g/mol. The summed E-state index contributed by atoms with van der Waals surface area (Å²) in [5, 5.41) is 15.1. The number of nitrogens with one attached hydrogen (secondary N) is 3. The van der Waals surface area contributed by atoms with Crippen molar-refractivity contribution in [2.75, 3.05) is 10.7 Å². The highest BCUT2D eigenvalue weighted by Gasteiger charge is 2.24. The largest absolute Gasteiger partial charge is 0.355 e. The molecule has 2 aromatic carbocycles. The molecule has 0 saturated heterocycles. The minimum atomic E-state index is -0.636. The number of anilines is 3. The molecule has 3 aromatic rings. The normalized spacial score (nSPS) is 10.3. The number of hydrogen-bond donors (Lipinski definition) is 3. The molecule has 0 aliphatic rings. The van der Waals surface area contributed by atoms with Gasteiger partial charge in [0.2, 0.25) is 11.6 Å². The lowest BCUT2D eigenvalue weighted by Crippen LogP contribution is -2.30. The maximum atomic E-state index is 12.3. The van der Waals surface area contributed by atoms with Crippen molar-refractivity contribution in [1.29, 1.82) is 0 Å². The molecule has 29 heavy (non-hydrogen) atoms. The Morgan fingerprint density at radius 3 is 2.45 bits per heavy atom.